The number of hydrogen-bond donors (Lipinski definition) is 3. The van der Waals surface area contributed by atoms with Gasteiger partial charge in [-0.15, -0.1) is 0 Å². The Hall–Kier alpha value is -3.23. The third-order valence-corrected chi connectivity index (χ3v) is 4.08. The molecule has 1 heterocycles. The number of ether oxygens (including phenoxy) is 1. The normalized spacial score (nSPS) is 10.4. The van der Waals surface area contributed by atoms with Crippen LogP contribution in [-0.4, -0.2) is 23.2 Å². The van der Waals surface area contributed by atoms with Crippen molar-refractivity contribution in [2.75, 3.05) is 12.4 Å². The number of amides is 1. The molecule has 0 atom stereocenters. The molecule has 3 rings (SSSR count). The molecule has 3 N–H and O–H groups in total. The molecule has 3 aromatic rings. The second kappa shape index (κ2) is 8.64. The molecule has 28 heavy (non-hydrogen) atoms. The summed E-state index contributed by atoms with van der Waals surface area (Å²) in [6.45, 7) is -0.209. The minimum atomic E-state index is -0.454. The summed E-state index contributed by atoms with van der Waals surface area (Å²) < 4.78 is 23.9. The lowest BCUT2D eigenvalue weighted by molar-refractivity contribution is 0.0977. The average molecular weight is 400 g/mol. The molecule has 0 unspecified atom stereocenters. The predicted molar refractivity (Wildman–Crippen MR) is 107 cm³/mol. The molecule has 0 fully saturated rings. The number of hydrogen-bond acceptors (Lipinski definition) is 5. The van der Waals surface area contributed by atoms with Crippen LogP contribution in [0.25, 0.3) is 11.3 Å². The lowest BCUT2D eigenvalue weighted by Crippen LogP contribution is -2.34. The van der Waals surface area contributed by atoms with Gasteiger partial charge in [-0.05, 0) is 66.8 Å². The number of carbonyl (C=O) groups excluding carboxylic acids is 1. The Morgan fingerprint density at radius 3 is 2.57 bits per heavy atom. The van der Waals surface area contributed by atoms with Crippen molar-refractivity contribution in [3.8, 4) is 17.1 Å². The van der Waals surface area contributed by atoms with Crippen LogP contribution in [0.2, 0.25) is 0 Å². The Morgan fingerprint density at radius 1 is 1.18 bits per heavy atom. The standard InChI is InChI=1S/C20H17FN2O4S/c1-26-17-8-6-14(10-16(17)18-9-7-15(11-24)27-18)22-20(28)23-19(25)12-2-4-13(21)5-3-12/h2-10,24H,11H2,1H3,(H2,22,23,25,28). The second-order valence-electron chi connectivity index (χ2n) is 5.75. The number of benzene rings is 2. The summed E-state index contributed by atoms with van der Waals surface area (Å²) in [5.74, 6) is 0.643. The van der Waals surface area contributed by atoms with E-state index in [1.165, 1.54) is 31.4 Å². The highest BCUT2D eigenvalue weighted by Crippen LogP contribution is 2.33. The van der Waals surface area contributed by atoms with Gasteiger partial charge >= 0.3 is 0 Å². The number of rotatable bonds is 5. The van der Waals surface area contributed by atoms with Crippen LogP contribution in [0.5, 0.6) is 5.75 Å². The van der Waals surface area contributed by atoms with Gasteiger partial charge in [-0.2, -0.15) is 0 Å². The maximum absolute atomic E-state index is 13.0. The number of carbonyl (C=O) groups is 1. The number of aliphatic hydroxyl groups excluding tert-OH is 1. The van der Waals surface area contributed by atoms with Crippen LogP contribution in [0.15, 0.2) is 59.0 Å². The van der Waals surface area contributed by atoms with E-state index in [1.807, 2.05) is 0 Å². The van der Waals surface area contributed by atoms with E-state index in [0.29, 0.717) is 28.5 Å². The van der Waals surface area contributed by atoms with E-state index >= 15 is 0 Å². The highest BCUT2D eigenvalue weighted by molar-refractivity contribution is 7.80. The molecular weight excluding hydrogens is 383 g/mol. The average Bonchev–Trinajstić information content (AvgIpc) is 3.17. The molecule has 1 amide bonds. The van der Waals surface area contributed by atoms with Crippen molar-refractivity contribution < 1.29 is 23.4 Å². The van der Waals surface area contributed by atoms with Crippen molar-refractivity contribution in [3.63, 3.8) is 0 Å². The van der Waals surface area contributed by atoms with Gasteiger partial charge in [0.15, 0.2) is 5.11 Å². The van der Waals surface area contributed by atoms with Crippen molar-refractivity contribution in [2.45, 2.75) is 6.61 Å². The Balaban J connectivity index is 1.74. The lowest BCUT2D eigenvalue weighted by Gasteiger charge is -2.12. The highest BCUT2D eigenvalue weighted by atomic mass is 32.1. The SMILES string of the molecule is COc1ccc(NC(=S)NC(=O)c2ccc(F)cc2)cc1-c1ccc(CO)o1. The van der Waals surface area contributed by atoms with Crippen molar-refractivity contribution in [1.29, 1.82) is 0 Å². The first-order valence-corrected chi connectivity index (χ1v) is 8.67. The minimum absolute atomic E-state index is 0.0842. The summed E-state index contributed by atoms with van der Waals surface area (Å²) in [5, 5.41) is 14.7. The molecule has 0 aliphatic carbocycles. The summed E-state index contributed by atoms with van der Waals surface area (Å²) in [6.07, 6.45) is 0. The first kappa shape index (κ1) is 19.5. The first-order valence-electron chi connectivity index (χ1n) is 8.26. The van der Waals surface area contributed by atoms with Gasteiger partial charge in [0.1, 0.15) is 29.7 Å². The van der Waals surface area contributed by atoms with Crippen LogP contribution in [0.1, 0.15) is 16.1 Å². The van der Waals surface area contributed by atoms with Crippen LogP contribution in [0.3, 0.4) is 0 Å². The fourth-order valence-corrected chi connectivity index (χ4v) is 2.74. The van der Waals surface area contributed by atoms with Crippen molar-refractivity contribution in [3.05, 3.63) is 71.7 Å². The number of halogens is 1. The van der Waals surface area contributed by atoms with E-state index in [4.69, 9.17) is 21.4 Å². The monoisotopic (exact) mass is 400 g/mol. The van der Waals surface area contributed by atoms with Gasteiger partial charge in [0, 0.05) is 11.3 Å². The summed E-state index contributed by atoms with van der Waals surface area (Å²) >= 11 is 5.18. The molecule has 8 heteroatoms. The molecule has 0 saturated heterocycles. The van der Waals surface area contributed by atoms with Gasteiger partial charge < -0.3 is 19.6 Å². The van der Waals surface area contributed by atoms with Crippen molar-refractivity contribution in [1.82, 2.24) is 5.32 Å². The Morgan fingerprint density at radius 2 is 1.93 bits per heavy atom. The molecule has 0 radical (unpaired) electrons. The van der Waals surface area contributed by atoms with Gasteiger partial charge in [-0.25, -0.2) is 4.39 Å². The summed E-state index contributed by atoms with van der Waals surface area (Å²) in [6, 6.07) is 13.7. The molecule has 0 saturated carbocycles. The molecule has 0 aliphatic heterocycles. The summed E-state index contributed by atoms with van der Waals surface area (Å²) in [5.41, 5.74) is 1.54. The van der Waals surface area contributed by atoms with Crippen LogP contribution in [0.4, 0.5) is 10.1 Å². The smallest absolute Gasteiger partial charge is 0.257 e. The van der Waals surface area contributed by atoms with Gasteiger partial charge in [0.25, 0.3) is 5.91 Å². The van der Waals surface area contributed by atoms with Gasteiger partial charge in [-0.1, -0.05) is 0 Å². The molecule has 6 nitrogen and oxygen atoms in total. The quantitative estimate of drug-likeness (QED) is 0.567. The third-order valence-electron chi connectivity index (χ3n) is 3.87. The van der Waals surface area contributed by atoms with Crippen LogP contribution in [0, 0.1) is 5.82 Å². The maximum Gasteiger partial charge on any atom is 0.257 e. The fourth-order valence-electron chi connectivity index (χ4n) is 2.52. The number of nitrogens with one attached hydrogen (secondary N) is 2. The predicted octanol–water partition coefficient (Wildman–Crippen LogP) is 3.71. The number of furan rings is 1. The molecule has 0 aliphatic rings. The number of anilines is 1. The number of aliphatic hydroxyl groups is 1. The van der Waals surface area contributed by atoms with Gasteiger partial charge in [0.05, 0.1) is 12.7 Å². The number of thiocarbonyl (C=S) groups is 1. The molecule has 1 aromatic heterocycles. The zero-order valence-electron chi connectivity index (χ0n) is 14.9. The zero-order valence-corrected chi connectivity index (χ0v) is 15.7. The molecule has 2 aromatic carbocycles. The van der Waals surface area contributed by atoms with Crippen LogP contribution < -0.4 is 15.4 Å². The Kier molecular flexibility index (Phi) is 6.03. The van der Waals surface area contributed by atoms with E-state index in [0.717, 1.165) is 0 Å². The maximum atomic E-state index is 13.0. The van der Waals surface area contributed by atoms with Gasteiger partial charge in [0.2, 0.25) is 0 Å². The Labute approximate surface area is 165 Å². The van der Waals surface area contributed by atoms with Crippen molar-refractivity contribution >= 4 is 28.9 Å². The van der Waals surface area contributed by atoms with E-state index in [-0.39, 0.29) is 17.3 Å². The zero-order chi connectivity index (χ0) is 20.1. The highest BCUT2D eigenvalue weighted by Gasteiger charge is 2.13. The second-order valence-corrected chi connectivity index (χ2v) is 6.16. The van der Waals surface area contributed by atoms with Crippen LogP contribution >= 0.6 is 12.2 Å². The molecule has 0 bridgehead atoms. The van der Waals surface area contributed by atoms with Crippen molar-refractivity contribution in [2.24, 2.45) is 0 Å². The summed E-state index contributed by atoms with van der Waals surface area (Å²) in [4.78, 5) is 12.2. The van der Waals surface area contributed by atoms with Gasteiger partial charge in [-0.3, -0.25) is 10.1 Å². The van der Waals surface area contributed by atoms with Crippen LogP contribution in [-0.2, 0) is 6.61 Å². The topological polar surface area (TPSA) is 83.7 Å². The molecule has 0 spiro atoms. The molecule has 144 valence electrons. The largest absolute Gasteiger partial charge is 0.496 e. The van der Waals surface area contributed by atoms with E-state index in [9.17, 15) is 14.3 Å². The fraction of sp³-hybridized carbons (Fsp3) is 0.100. The van der Waals surface area contributed by atoms with E-state index in [1.54, 1.807) is 30.3 Å². The third kappa shape index (κ3) is 4.54. The van der Waals surface area contributed by atoms with E-state index in [2.05, 4.69) is 10.6 Å². The lowest BCUT2D eigenvalue weighted by atomic mass is 10.1. The summed E-state index contributed by atoms with van der Waals surface area (Å²) in [7, 11) is 1.54. The number of methoxy groups -OCH3 is 1. The first-order chi connectivity index (χ1) is 13.5. The Bertz CT molecular complexity index is 1000. The van der Waals surface area contributed by atoms with E-state index < -0.39 is 11.7 Å². The molecular formula is C20H17FN2O4S. The minimum Gasteiger partial charge on any atom is -0.496 e.